The fourth-order valence-electron chi connectivity index (χ4n) is 1.36. The van der Waals surface area contributed by atoms with Crippen LogP contribution < -0.4 is 9.47 Å². The van der Waals surface area contributed by atoms with Crippen molar-refractivity contribution >= 4 is 0 Å². The summed E-state index contributed by atoms with van der Waals surface area (Å²) in [7, 11) is 1.62. The van der Waals surface area contributed by atoms with Crippen molar-refractivity contribution in [3.8, 4) is 11.5 Å². The molecule has 88 valence electrons. The lowest BCUT2D eigenvalue weighted by atomic mass is 10.2. The lowest BCUT2D eigenvalue weighted by Gasteiger charge is -2.06. The number of hydrogen-bond acceptors (Lipinski definition) is 3. The van der Waals surface area contributed by atoms with E-state index in [1.165, 1.54) is 12.3 Å². The summed E-state index contributed by atoms with van der Waals surface area (Å²) in [6.07, 6.45) is 1.37. The van der Waals surface area contributed by atoms with E-state index in [0.717, 1.165) is 11.3 Å². The maximum Gasteiger partial charge on any atom is 0.216 e. The third-order valence-corrected chi connectivity index (χ3v) is 2.26. The highest BCUT2D eigenvalue weighted by atomic mass is 19.1. The van der Waals surface area contributed by atoms with Crippen LogP contribution in [-0.2, 0) is 6.61 Å². The molecule has 2 rings (SSSR count). The van der Waals surface area contributed by atoms with Crippen LogP contribution >= 0.6 is 0 Å². The molecule has 0 saturated carbocycles. The van der Waals surface area contributed by atoms with Gasteiger partial charge < -0.3 is 9.47 Å². The summed E-state index contributed by atoms with van der Waals surface area (Å²) >= 11 is 0. The molecular weight excluding hydrogens is 221 g/mol. The molecule has 0 unspecified atom stereocenters. The van der Waals surface area contributed by atoms with E-state index in [1.54, 1.807) is 13.2 Å². The molecule has 0 bridgehead atoms. The Labute approximate surface area is 98.8 Å². The molecule has 1 heterocycles. The standard InChI is InChI=1S/C13H12FNO2/c1-16-11-4-2-10(3-5-11)9-17-12-6-7-15-13(14)8-12/h2-8H,9H2,1H3. The Morgan fingerprint density at radius 3 is 2.53 bits per heavy atom. The van der Waals surface area contributed by atoms with Crippen LogP contribution in [0.25, 0.3) is 0 Å². The van der Waals surface area contributed by atoms with Crippen molar-refractivity contribution < 1.29 is 13.9 Å². The predicted octanol–water partition coefficient (Wildman–Crippen LogP) is 2.81. The molecule has 0 radical (unpaired) electrons. The summed E-state index contributed by atoms with van der Waals surface area (Å²) in [5.74, 6) is 0.717. The van der Waals surface area contributed by atoms with Crippen molar-refractivity contribution in [2.45, 2.75) is 6.61 Å². The van der Waals surface area contributed by atoms with E-state index in [-0.39, 0.29) is 0 Å². The second-order valence-corrected chi connectivity index (χ2v) is 3.45. The highest BCUT2D eigenvalue weighted by Crippen LogP contribution is 2.15. The summed E-state index contributed by atoms with van der Waals surface area (Å²) in [6.45, 7) is 0.382. The molecule has 1 aromatic carbocycles. The van der Waals surface area contributed by atoms with Gasteiger partial charge in [-0.05, 0) is 23.8 Å². The topological polar surface area (TPSA) is 31.4 Å². The minimum Gasteiger partial charge on any atom is -0.497 e. The molecule has 0 atom stereocenters. The van der Waals surface area contributed by atoms with E-state index in [2.05, 4.69) is 4.98 Å². The minimum atomic E-state index is -0.544. The van der Waals surface area contributed by atoms with Gasteiger partial charge in [-0.2, -0.15) is 4.39 Å². The van der Waals surface area contributed by atoms with Gasteiger partial charge in [0, 0.05) is 12.3 Å². The quantitative estimate of drug-likeness (QED) is 0.761. The maximum absolute atomic E-state index is 12.8. The first-order chi connectivity index (χ1) is 8.28. The van der Waals surface area contributed by atoms with Gasteiger partial charge in [-0.3, -0.25) is 0 Å². The highest BCUT2D eigenvalue weighted by molar-refractivity contribution is 5.27. The number of methoxy groups -OCH3 is 1. The molecule has 0 aliphatic carbocycles. The fourth-order valence-corrected chi connectivity index (χ4v) is 1.36. The average Bonchev–Trinajstić information content (AvgIpc) is 2.37. The van der Waals surface area contributed by atoms with E-state index >= 15 is 0 Å². The van der Waals surface area contributed by atoms with Crippen LogP contribution in [0.15, 0.2) is 42.6 Å². The SMILES string of the molecule is COc1ccc(COc2ccnc(F)c2)cc1. The molecule has 0 fully saturated rings. The van der Waals surface area contributed by atoms with Gasteiger partial charge in [-0.25, -0.2) is 4.98 Å². The maximum atomic E-state index is 12.8. The minimum absolute atomic E-state index is 0.382. The van der Waals surface area contributed by atoms with Crippen molar-refractivity contribution in [3.63, 3.8) is 0 Å². The molecule has 4 heteroatoms. The lowest BCUT2D eigenvalue weighted by Crippen LogP contribution is -1.96. The van der Waals surface area contributed by atoms with Gasteiger partial charge in [0.25, 0.3) is 0 Å². The van der Waals surface area contributed by atoms with E-state index in [9.17, 15) is 4.39 Å². The molecular formula is C13H12FNO2. The Morgan fingerprint density at radius 1 is 1.12 bits per heavy atom. The van der Waals surface area contributed by atoms with Crippen LogP contribution in [0.2, 0.25) is 0 Å². The predicted molar refractivity (Wildman–Crippen MR) is 61.5 cm³/mol. The van der Waals surface area contributed by atoms with Crippen LogP contribution in [0.3, 0.4) is 0 Å². The van der Waals surface area contributed by atoms with E-state index in [4.69, 9.17) is 9.47 Å². The molecule has 17 heavy (non-hydrogen) atoms. The number of halogens is 1. The number of hydrogen-bond donors (Lipinski definition) is 0. The molecule has 0 spiro atoms. The molecule has 3 nitrogen and oxygen atoms in total. The largest absolute Gasteiger partial charge is 0.497 e. The molecule has 0 aliphatic heterocycles. The molecule has 2 aromatic rings. The smallest absolute Gasteiger partial charge is 0.216 e. The third-order valence-electron chi connectivity index (χ3n) is 2.26. The zero-order chi connectivity index (χ0) is 12.1. The first kappa shape index (κ1) is 11.4. The van der Waals surface area contributed by atoms with Crippen molar-refractivity contribution in [2.75, 3.05) is 7.11 Å². The summed E-state index contributed by atoms with van der Waals surface area (Å²) in [5.41, 5.74) is 0.989. The normalized spacial score (nSPS) is 10.0. The van der Waals surface area contributed by atoms with E-state index < -0.39 is 5.95 Å². The fraction of sp³-hybridized carbons (Fsp3) is 0.154. The third kappa shape index (κ3) is 3.17. The van der Waals surface area contributed by atoms with Crippen molar-refractivity contribution in [3.05, 3.63) is 54.1 Å². The average molecular weight is 233 g/mol. The van der Waals surface area contributed by atoms with Gasteiger partial charge in [-0.15, -0.1) is 0 Å². The van der Waals surface area contributed by atoms with Crippen LogP contribution in [0.1, 0.15) is 5.56 Å². The molecule has 1 aromatic heterocycles. The summed E-state index contributed by atoms with van der Waals surface area (Å²) in [6, 6.07) is 10.4. The monoisotopic (exact) mass is 233 g/mol. The number of nitrogens with zero attached hydrogens (tertiary/aromatic N) is 1. The van der Waals surface area contributed by atoms with Gasteiger partial charge >= 0.3 is 0 Å². The van der Waals surface area contributed by atoms with Crippen LogP contribution in [0.5, 0.6) is 11.5 Å². The second kappa shape index (κ2) is 5.30. The number of benzene rings is 1. The first-order valence-corrected chi connectivity index (χ1v) is 5.15. The molecule has 0 saturated heterocycles. The highest BCUT2D eigenvalue weighted by Gasteiger charge is 1.98. The molecule has 0 amide bonds. The molecule has 0 aliphatic rings. The summed E-state index contributed by atoms with van der Waals surface area (Å²) in [4.78, 5) is 3.45. The Kier molecular flexibility index (Phi) is 3.55. The number of rotatable bonds is 4. The Hall–Kier alpha value is -2.10. The van der Waals surface area contributed by atoms with Gasteiger partial charge in [0.15, 0.2) is 0 Å². The number of aromatic nitrogens is 1. The van der Waals surface area contributed by atoms with E-state index in [0.29, 0.717) is 12.4 Å². The zero-order valence-electron chi connectivity index (χ0n) is 9.39. The Balaban J connectivity index is 1.97. The Bertz CT molecular complexity index is 485. The Morgan fingerprint density at radius 2 is 1.88 bits per heavy atom. The van der Waals surface area contributed by atoms with Crippen LogP contribution in [0.4, 0.5) is 4.39 Å². The second-order valence-electron chi connectivity index (χ2n) is 3.45. The first-order valence-electron chi connectivity index (χ1n) is 5.15. The zero-order valence-corrected chi connectivity index (χ0v) is 9.39. The number of pyridine rings is 1. The van der Waals surface area contributed by atoms with Crippen LogP contribution in [-0.4, -0.2) is 12.1 Å². The molecule has 0 N–H and O–H groups in total. The van der Waals surface area contributed by atoms with Gasteiger partial charge in [-0.1, -0.05) is 12.1 Å². The van der Waals surface area contributed by atoms with Crippen LogP contribution in [0, 0.1) is 5.95 Å². The van der Waals surface area contributed by atoms with Gasteiger partial charge in [0.2, 0.25) is 5.95 Å². The number of ether oxygens (including phenoxy) is 2. The van der Waals surface area contributed by atoms with Crippen molar-refractivity contribution in [2.24, 2.45) is 0 Å². The van der Waals surface area contributed by atoms with Gasteiger partial charge in [0.05, 0.1) is 7.11 Å². The van der Waals surface area contributed by atoms with Crippen molar-refractivity contribution in [1.82, 2.24) is 4.98 Å². The van der Waals surface area contributed by atoms with Gasteiger partial charge in [0.1, 0.15) is 18.1 Å². The lowest BCUT2D eigenvalue weighted by molar-refractivity contribution is 0.303. The summed E-state index contributed by atoms with van der Waals surface area (Å²) < 4.78 is 23.3. The summed E-state index contributed by atoms with van der Waals surface area (Å²) in [5, 5.41) is 0. The van der Waals surface area contributed by atoms with Crippen molar-refractivity contribution in [1.29, 1.82) is 0 Å². The van der Waals surface area contributed by atoms with E-state index in [1.807, 2.05) is 24.3 Å².